The van der Waals surface area contributed by atoms with Crippen molar-refractivity contribution in [2.75, 3.05) is 12.4 Å². The Labute approximate surface area is 375 Å². The normalized spacial score (nSPS) is 20.5. The molecule has 0 spiro atoms. The van der Waals surface area contributed by atoms with E-state index in [1.807, 2.05) is 0 Å². The van der Waals surface area contributed by atoms with Crippen molar-refractivity contribution in [3.05, 3.63) is 144 Å². The lowest BCUT2D eigenvalue weighted by Crippen LogP contribution is -2.74. The van der Waals surface area contributed by atoms with Crippen molar-refractivity contribution >= 4 is 11.8 Å². The summed E-state index contributed by atoms with van der Waals surface area (Å²) in [7, 11) is 0. The number of hydrogen-bond acceptors (Lipinski definition) is 6. The van der Waals surface area contributed by atoms with Gasteiger partial charge in [0, 0.05) is 12.2 Å². The molecule has 0 amide bonds. The first kappa shape index (κ1) is 53.8. The van der Waals surface area contributed by atoms with E-state index in [-0.39, 0.29) is 44.8 Å². The van der Waals surface area contributed by atoms with Gasteiger partial charge in [0.25, 0.3) is 0 Å². The Morgan fingerprint density at radius 3 is 1.15 bits per heavy atom. The molecular weight excluding hydrogens is 964 g/mol. The fraction of sp³-hybridized carbons (Fsp3) is 0.455. The van der Waals surface area contributed by atoms with E-state index in [4.69, 9.17) is 23.7 Å². The first-order chi connectivity index (χ1) is 31.2. The molecule has 1 heterocycles. The largest absolute Gasteiger partial charge is 0.460 e. The molecule has 1 aliphatic rings. The van der Waals surface area contributed by atoms with Gasteiger partial charge in [-0.15, -0.1) is 11.8 Å². The monoisotopic (exact) mass is 1000 g/mol. The molecule has 5 atom stereocenters. The van der Waals surface area contributed by atoms with Crippen molar-refractivity contribution < 1.29 is 98.3 Å². The molecule has 0 saturated carbocycles. The van der Waals surface area contributed by atoms with E-state index in [2.05, 4.69) is 0 Å². The van der Waals surface area contributed by atoms with Crippen molar-refractivity contribution in [3.63, 3.8) is 0 Å². The summed E-state index contributed by atoms with van der Waals surface area (Å²) in [5.74, 6) is -58.6. The van der Waals surface area contributed by atoms with Gasteiger partial charge in [0.1, 0.15) is 29.9 Å². The maximum atomic E-state index is 15.2. The molecule has 1 saturated heterocycles. The molecule has 0 bridgehead atoms. The maximum absolute atomic E-state index is 15.2. The van der Waals surface area contributed by atoms with Crippen molar-refractivity contribution in [1.29, 1.82) is 0 Å². The Bertz CT molecular complexity index is 2120. The van der Waals surface area contributed by atoms with Crippen LogP contribution in [0.2, 0.25) is 0 Å². The highest BCUT2D eigenvalue weighted by atomic mass is 32.2. The van der Waals surface area contributed by atoms with Gasteiger partial charge >= 0.3 is 47.6 Å². The van der Waals surface area contributed by atoms with Crippen LogP contribution in [0.25, 0.3) is 0 Å². The van der Waals surface area contributed by atoms with Crippen molar-refractivity contribution in [2.24, 2.45) is 0 Å². The summed E-state index contributed by atoms with van der Waals surface area (Å²) in [6, 6.07) is 33.7. The molecule has 0 aliphatic carbocycles. The second-order valence-corrected chi connectivity index (χ2v) is 16.3. The molecule has 23 heteroatoms. The molecule has 5 rings (SSSR count). The van der Waals surface area contributed by atoms with Crippen LogP contribution in [-0.4, -0.2) is 89.8 Å². The van der Waals surface area contributed by atoms with Gasteiger partial charge in [0.15, 0.2) is 0 Å². The van der Waals surface area contributed by atoms with E-state index >= 15 is 8.78 Å². The predicted molar refractivity (Wildman–Crippen MR) is 208 cm³/mol. The number of thioether (sulfide) groups is 1. The summed E-state index contributed by atoms with van der Waals surface area (Å²) in [4.78, 5) is 0. The van der Waals surface area contributed by atoms with E-state index in [1.165, 1.54) is 0 Å². The van der Waals surface area contributed by atoms with Gasteiger partial charge in [-0.3, -0.25) is 0 Å². The minimum atomic E-state index is -8.72. The maximum Gasteiger partial charge on any atom is 0.460 e. The first-order valence-corrected chi connectivity index (χ1v) is 20.8. The van der Waals surface area contributed by atoms with Crippen LogP contribution in [0.1, 0.15) is 28.7 Å². The molecule has 0 unspecified atom stereocenters. The minimum absolute atomic E-state index is 0.0354. The van der Waals surface area contributed by atoms with Gasteiger partial charge in [-0.25, -0.2) is 0 Å². The van der Waals surface area contributed by atoms with Crippen LogP contribution in [-0.2, 0) is 50.1 Å². The Morgan fingerprint density at radius 1 is 0.403 bits per heavy atom. The van der Waals surface area contributed by atoms with Gasteiger partial charge in [0.2, 0.25) is 0 Å². The Balaban J connectivity index is 1.47. The smallest absolute Gasteiger partial charge is 0.374 e. The average molecular weight is 1000 g/mol. The summed E-state index contributed by atoms with van der Waals surface area (Å²) in [6.45, 7) is -0.948. The summed E-state index contributed by atoms with van der Waals surface area (Å²) in [5, 5.41) is 0. The molecular formula is C44H39F17O5S. The van der Waals surface area contributed by atoms with Gasteiger partial charge in [0.05, 0.1) is 33.0 Å². The summed E-state index contributed by atoms with van der Waals surface area (Å²) >= 11 is 0.117. The lowest BCUT2D eigenvalue weighted by atomic mass is 9.88. The Kier molecular flexibility index (Phi) is 17.0. The minimum Gasteiger partial charge on any atom is -0.374 e. The van der Waals surface area contributed by atoms with Crippen LogP contribution in [0.15, 0.2) is 121 Å². The molecule has 4 aromatic carbocycles. The van der Waals surface area contributed by atoms with Crippen LogP contribution < -0.4 is 0 Å². The number of benzene rings is 4. The third-order valence-electron chi connectivity index (χ3n) is 10.3. The quantitative estimate of drug-likeness (QED) is 0.0690. The zero-order chi connectivity index (χ0) is 49.5. The fourth-order valence-corrected chi connectivity index (χ4v) is 7.79. The van der Waals surface area contributed by atoms with E-state index in [0.29, 0.717) is 22.3 Å². The lowest BCUT2D eigenvalue weighted by Gasteiger charge is -2.46. The molecule has 0 N–H and O–H groups in total. The molecule has 5 nitrogen and oxygen atoms in total. The highest BCUT2D eigenvalue weighted by Crippen LogP contribution is 2.64. The van der Waals surface area contributed by atoms with Gasteiger partial charge in [-0.1, -0.05) is 121 Å². The average Bonchev–Trinajstić information content (AvgIpc) is 3.28. The summed E-state index contributed by atoms with van der Waals surface area (Å²) < 4.78 is 270. The number of ether oxygens (including phenoxy) is 5. The number of halogens is 17. The topological polar surface area (TPSA) is 46.2 Å². The molecule has 4 aromatic rings. The molecule has 0 radical (unpaired) electrons. The Morgan fingerprint density at radius 2 is 0.746 bits per heavy atom. The predicted octanol–water partition coefficient (Wildman–Crippen LogP) is 12.8. The zero-order valence-corrected chi connectivity index (χ0v) is 35.1. The van der Waals surface area contributed by atoms with E-state index in [0.717, 1.165) is 0 Å². The zero-order valence-electron chi connectivity index (χ0n) is 34.3. The Hall–Kier alpha value is -4.16. The van der Waals surface area contributed by atoms with Crippen molar-refractivity contribution in [1.82, 2.24) is 0 Å². The fourth-order valence-electron chi connectivity index (χ4n) is 6.54. The molecule has 0 aromatic heterocycles. The summed E-state index contributed by atoms with van der Waals surface area (Å²) in [6.07, 6.45) is -15.7. The standard InChI is InChI=1S/C44H39F17O5S/c45-37(46,38(47,48)39(49,50)40(51,52)41(53,54)42(55,56)43(57,58)44(59,60)61)21-22-67-36-35(65-26-31-19-11-4-12-20-31)34(64-25-30-17-9-3-10-18-30)33(63-24-29-15-7-2-8-16-29)32(66-36)27-62-23-28-13-5-1-6-14-28/h1-20,32-36H,21-27H2/t32-,33-,34+,35-,36+/m1/s1. The third-order valence-corrected chi connectivity index (χ3v) is 11.5. The first-order valence-electron chi connectivity index (χ1n) is 19.8. The van der Waals surface area contributed by atoms with Crippen LogP contribution in [0, 0.1) is 0 Å². The van der Waals surface area contributed by atoms with E-state index < -0.39 is 89.7 Å². The van der Waals surface area contributed by atoms with Crippen LogP contribution in [0.5, 0.6) is 0 Å². The van der Waals surface area contributed by atoms with Gasteiger partial charge in [-0.05, 0) is 22.3 Å². The highest BCUT2D eigenvalue weighted by Gasteiger charge is 2.95. The number of hydrogen-bond donors (Lipinski definition) is 0. The molecule has 1 aliphatic heterocycles. The SMILES string of the molecule is FC(F)(F)C(F)(F)C(F)(F)C(F)(F)C(F)(F)C(F)(F)C(F)(F)C(F)(F)CCS[C@@H]1O[C@H](COCc2ccccc2)[C@@H](OCc2ccccc2)[C@H](OCc2ccccc2)[C@H]1OCc1ccccc1. The molecule has 1 fully saturated rings. The van der Waals surface area contributed by atoms with Crippen molar-refractivity contribution in [2.45, 2.75) is 110 Å². The van der Waals surface area contributed by atoms with Crippen LogP contribution in [0.4, 0.5) is 74.6 Å². The second-order valence-electron chi connectivity index (χ2n) is 15.1. The summed E-state index contributed by atoms with van der Waals surface area (Å²) in [5.41, 5.74) is 0.752. The molecule has 67 heavy (non-hydrogen) atoms. The van der Waals surface area contributed by atoms with Gasteiger partial charge in [-0.2, -0.15) is 74.6 Å². The highest BCUT2D eigenvalue weighted by molar-refractivity contribution is 7.99. The van der Waals surface area contributed by atoms with Crippen LogP contribution in [0.3, 0.4) is 0 Å². The number of alkyl halides is 17. The third kappa shape index (κ3) is 11.5. The van der Waals surface area contributed by atoms with E-state index in [1.54, 1.807) is 121 Å². The van der Waals surface area contributed by atoms with Crippen molar-refractivity contribution in [3.8, 4) is 0 Å². The molecule has 370 valence electrons. The van der Waals surface area contributed by atoms with E-state index in [9.17, 15) is 65.9 Å². The van der Waals surface area contributed by atoms with Crippen LogP contribution >= 0.6 is 11.8 Å². The number of rotatable bonds is 23. The lowest BCUT2D eigenvalue weighted by molar-refractivity contribution is -0.461. The second kappa shape index (κ2) is 21.2. The van der Waals surface area contributed by atoms with Gasteiger partial charge < -0.3 is 23.7 Å².